The van der Waals surface area contributed by atoms with Crippen LogP contribution in [-0.4, -0.2) is 18.8 Å². The summed E-state index contributed by atoms with van der Waals surface area (Å²) in [7, 11) is 1.65. The molecule has 0 heterocycles. The van der Waals surface area contributed by atoms with Gasteiger partial charge >= 0.3 is 0 Å². The van der Waals surface area contributed by atoms with Gasteiger partial charge in [-0.2, -0.15) is 0 Å². The number of hydrogen-bond acceptors (Lipinski definition) is 3. The second kappa shape index (κ2) is 7.16. The first kappa shape index (κ1) is 16.1. The first-order chi connectivity index (χ1) is 10.0. The lowest BCUT2D eigenvalue weighted by molar-refractivity contribution is 0.276. The Balaban J connectivity index is 2.23. The van der Waals surface area contributed by atoms with Gasteiger partial charge in [0, 0.05) is 10.2 Å². The number of rotatable bonds is 5. The van der Waals surface area contributed by atoms with Crippen molar-refractivity contribution in [2.75, 3.05) is 19.0 Å². The van der Waals surface area contributed by atoms with Crippen LogP contribution in [0.15, 0.2) is 40.9 Å². The maximum absolute atomic E-state index is 9.65. The number of anilines is 1. The van der Waals surface area contributed by atoms with Crippen LogP contribution in [0.25, 0.3) is 0 Å². The molecule has 2 N–H and O–H groups in total. The fraction of sp³-hybridized carbons (Fsp3) is 0.250. The number of aliphatic hydroxyl groups is 1. The summed E-state index contributed by atoms with van der Waals surface area (Å²) in [5.74, 6) is 0.838. The molecule has 0 amide bonds. The number of ether oxygens (including phenoxy) is 1. The molecular weight excluding hydrogens is 354 g/mol. The van der Waals surface area contributed by atoms with E-state index < -0.39 is 0 Å². The van der Waals surface area contributed by atoms with E-state index in [0.29, 0.717) is 5.02 Å². The molecule has 0 saturated heterocycles. The van der Waals surface area contributed by atoms with Crippen molar-refractivity contribution in [1.29, 1.82) is 0 Å². The normalized spacial score (nSPS) is 12.0. The minimum absolute atomic E-state index is 0.00792. The number of hydrogen-bond donors (Lipinski definition) is 2. The number of benzene rings is 2. The first-order valence-corrected chi connectivity index (χ1v) is 7.69. The summed E-state index contributed by atoms with van der Waals surface area (Å²) >= 11 is 9.38. The number of aryl methyl sites for hydroxylation is 1. The number of aliphatic hydroxyl groups excluding tert-OH is 1. The predicted molar refractivity (Wildman–Crippen MR) is 90.3 cm³/mol. The molecule has 0 spiro atoms. The van der Waals surface area contributed by atoms with Gasteiger partial charge in [0.05, 0.1) is 24.8 Å². The zero-order valence-corrected chi connectivity index (χ0v) is 14.2. The van der Waals surface area contributed by atoms with Gasteiger partial charge < -0.3 is 15.2 Å². The predicted octanol–water partition coefficient (Wildman–Crippen LogP) is 4.57. The summed E-state index contributed by atoms with van der Waals surface area (Å²) in [4.78, 5) is 0. The Labute approximate surface area is 138 Å². The van der Waals surface area contributed by atoms with Crippen LogP contribution in [-0.2, 0) is 0 Å². The number of methoxy groups -OCH3 is 1. The summed E-state index contributed by atoms with van der Waals surface area (Å²) in [6.45, 7) is 1.97. The Morgan fingerprint density at radius 2 is 2.05 bits per heavy atom. The highest BCUT2D eigenvalue weighted by Crippen LogP contribution is 2.29. The quantitative estimate of drug-likeness (QED) is 0.810. The summed E-state index contributed by atoms with van der Waals surface area (Å²) in [5, 5.41) is 13.6. The van der Waals surface area contributed by atoms with Crippen LogP contribution in [0.4, 0.5) is 5.69 Å². The molecule has 0 saturated carbocycles. The monoisotopic (exact) mass is 369 g/mol. The van der Waals surface area contributed by atoms with Gasteiger partial charge in [0.1, 0.15) is 5.75 Å². The van der Waals surface area contributed by atoms with E-state index >= 15 is 0 Å². The zero-order valence-electron chi connectivity index (χ0n) is 11.9. The van der Waals surface area contributed by atoms with Crippen LogP contribution in [0, 0.1) is 6.92 Å². The molecule has 1 atom stereocenters. The van der Waals surface area contributed by atoms with Crippen LogP contribution in [0.3, 0.4) is 0 Å². The Kier molecular flexibility index (Phi) is 5.51. The van der Waals surface area contributed by atoms with Crippen molar-refractivity contribution in [3.05, 3.63) is 57.0 Å². The summed E-state index contributed by atoms with van der Waals surface area (Å²) in [6.07, 6.45) is 0. The maximum atomic E-state index is 9.65. The fourth-order valence-corrected chi connectivity index (χ4v) is 2.64. The second-order valence-electron chi connectivity index (χ2n) is 4.74. The number of halogens is 2. The Morgan fingerprint density at radius 1 is 1.29 bits per heavy atom. The maximum Gasteiger partial charge on any atom is 0.121 e. The Bertz CT molecular complexity index is 634. The van der Waals surface area contributed by atoms with E-state index in [0.717, 1.165) is 27.0 Å². The van der Waals surface area contributed by atoms with Crippen molar-refractivity contribution < 1.29 is 9.84 Å². The molecule has 5 heteroatoms. The smallest absolute Gasteiger partial charge is 0.121 e. The summed E-state index contributed by atoms with van der Waals surface area (Å²) in [5.41, 5.74) is 2.92. The van der Waals surface area contributed by atoms with Crippen LogP contribution in [0.5, 0.6) is 5.75 Å². The van der Waals surface area contributed by atoms with Gasteiger partial charge in [-0.15, -0.1) is 0 Å². The Hall–Kier alpha value is -1.23. The van der Waals surface area contributed by atoms with Crippen molar-refractivity contribution in [2.45, 2.75) is 13.0 Å². The first-order valence-electron chi connectivity index (χ1n) is 6.52. The highest BCUT2D eigenvalue weighted by atomic mass is 79.9. The van der Waals surface area contributed by atoms with Crippen LogP contribution in [0.2, 0.25) is 5.02 Å². The minimum Gasteiger partial charge on any atom is -0.496 e. The topological polar surface area (TPSA) is 41.5 Å². The van der Waals surface area contributed by atoms with Crippen molar-refractivity contribution in [3.8, 4) is 5.75 Å². The molecule has 112 valence electrons. The number of nitrogens with one attached hydrogen (secondary N) is 1. The van der Waals surface area contributed by atoms with Crippen LogP contribution < -0.4 is 10.1 Å². The molecule has 1 unspecified atom stereocenters. The van der Waals surface area contributed by atoms with E-state index in [1.54, 1.807) is 7.11 Å². The average Bonchev–Trinajstić information content (AvgIpc) is 2.48. The van der Waals surface area contributed by atoms with Gasteiger partial charge in [0.25, 0.3) is 0 Å². The average molecular weight is 371 g/mol. The molecule has 21 heavy (non-hydrogen) atoms. The highest BCUT2D eigenvalue weighted by Gasteiger charge is 2.12. The van der Waals surface area contributed by atoms with E-state index in [9.17, 15) is 5.11 Å². The van der Waals surface area contributed by atoms with Crippen molar-refractivity contribution >= 4 is 33.2 Å². The van der Waals surface area contributed by atoms with E-state index in [2.05, 4.69) is 21.2 Å². The third-order valence-electron chi connectivity index (χ3n) is 3.26. The lowest BCUT2D eigenvalue weighted by Gasteiger charge is -2.19. The molecule has 2 aromatic rings. The van der Waals surface area contributed by atoms with Crippen molar-refractivity contribution in [3.63, 3.8) is 0 Å². The molecule has 2 aromatic carbocycles. The molecule has 0 aliphatic rings. The third-order valence-corrected chi connectivity index (χ3v) is 4.48. The van der Waals surface area contributed by atoms with E-state index in [1.807, 2.05) is 43.3 Å². The molecule has 0 radical (unpaired) electrons. The largest absolute Gasteiger partial charge is 0.496 e. The Morgan fingerprint density at radius 3 is 2.62 bits per heavy atom. The van der Waals surface area contributed by atoms with Gasteiger partial charge in [-0.3, -0.25) is 0 Å². The van der Waals surface area contributed by atoms with Crippen molar-refractivity contribution in [1.82, 2.24) is 0 Å². The molecule has 0 bridgehead atoms. The van der Waals surface area contributed by atoms with E-state index in [-0.39, 0.29) is 12.6 Å². The zero-order chi connectivity index (χ0) is 15.4. The fourth-order valence-electron chi connectivity index (χ4n) is 2.14. The van der Waals surface area contributed by atoms with Gasteiger partial charge in [-0.1, -0.05) is 23.7 Å². The van der Waals surface area contributed by atoms with Gasteiger partial charge in [0.15, 0.2) is 0 Å². The molecular formula is C16H17BrClNO2. The molecule has 0 aliphatic heterocycles. The summed E-state index contributed by atoms with van der Waals surface area (Å²) < 4.78 is 6.07. The minimum atomic E-state index is -0.192. The van der Waals surface area contributed by atoms with E-state index in [1.165, 1.54) is 0 Å². The lowest BCUT2D eigenvalue weighted by atomic mass is 10.0. The molecule has 2 rings (SSSR count). The lowest BCUT2D eigenvalue weighted by Crippen LogP contribution is -2.15. The molecule has 0 aliphatic carbocycles. The summed E-state index contributed by atoms with van der Waals surface area (Å²) in [6, 6.07) is 11.3. The molecule has 3 nitrogen and oxygen atoms in total. The van der Waals surface area contributed by atoms with Gasteiger partial charge in [-0.05, 0) is 58.2 Å². The standard InChI is InChI=1S/C16H17BrClNO2/c1-10-7-11(3-6-16(10)21-2)15(9-20)19-12-4-5-14(18)13(17)8-12/h3-8,15,19-20H,9H2,1-2H3. The van der Waals surface area contributed by atoms with Crippen molar-refractivity contribution in [2.24, 2.45) is 0 Å². The third kappa shape index (κ3) is 3.90. The van der Waals surface area contributed by atoms with E-state index in [4.69, 9.17) is 16.3 Å². The SMILES string of the molecule is COc1ccc(C(CO)Nc2ccc(Cl)c(Br)c2)cc1C. The highest BCUT2D eigenvalue weighted by molar-refractivity contribution is 9.10. The van der Waals surface area contributed by atoms with Crippen LogP contribution in [0.1, 0.15) is 17.2 Å². The molecule has 0 aromatic heterocycles. The van der Waals surface area contributed by atoms with Crippen LogP contribution >= 0.6 is 27.5 Å². The second-order valence-corrected chi connectivity index (χ2v) is 6.00. The molecule has 0 fully saturated rings. The van der Waals surface area contributed by atoms with Gasteiger partial charge in [-0.25, -0.2) is 0 Å². The van der Waals surface area contributed by atoms with Gasteiger partial charge in [0.2, 0.25) is 0 Å².